The van der Waals surface area contributed by atoms with Gasteiger partial charge in [-0.2, -0.15) is 5.26 Å². The highest BCUT2D eigenvalue weighted by atomic mass is 28.4. The van der Waals surface area contributed by atoms with Crippen molar-refractivity contribution in [1.82, 2.24) is 0 Å². The molecule has 0 aliphatic carbocycles. The average Bonchev–Trinajstić information content (AvgIpc) is 2.93. The van der Waals surface area contributed by atoms with Crippen molar-refractivity contribution in [3.63, 3.8) is 0 Å². The van der Waals surface area contributed by atoms with Crippen LogP contribution < -0.4 is 4.43 Å². The fraction of sp³-hybridized carbons (Fsp3) is 0.471. The van der Waals surface area contributed by atoms with Gasteiger partial charge in [-0.05, 0) is 72.6 Å². The summed E-state index contributed by atoms with van der Waals surface area (Å²) < 4.78 is 19.1. The molecule has 0 saturated carbocycles. The van der Waals surface area contributed by atoms with E-state index in [0.717, 1.165) is 11.1 Å². The summed E-state index contributed by atoms with van der Waals surface area (Å²) in [6, 6.07) is 14.0. The monoisotopic (exact) mass is 606 g/mol. The number of nitriles is 1. The van der Waals surface area contributed by atoms with Crippen LogP contribution in [0.5, 0.6) is 5.75 Å². The second kappa shape index (κ2) is 16.2. The number of nitro benzene ring substituents is 1. The van der Waals surface area contributed by atoms with Gasteiger partial charge in [0.2, 0.25) is 0 Å². The topological polar surface area (TPSA) is 112 Å². The van der Waals surface area contributed by atoms with Crippen LogP contribution in [0.3, 0.4) is 0 Å². The molecule has 0 bridgehead atoms. The number of allylic oxidation sites excluding steroid dienone is 2. The van der Waals surface area contributed by atoms with E-state index >= 15 is 0 Å². The number of hydrogen-bond acceptors (Lipinski definition) is 7. The zero-order chi connectivity index (χ0) is 32.2. The van der Waals surface area contributed by atoms with Crippen LogP contribution in [0, 0.1) is 27.4 Å². The lowest BCUT2D eigenvalue weighted by Gasteiger charge is -2.37. The van der Waals surface area contributed by atoms with Gasteiger partial charge >= 0.3 is 5.97 Å². The summed E-state index contributed by atoms with van der Waals surface area (Å²) >= 11 is 0. The Labute approximate surface area is 257 Å². The molecule has 0 fully saturated rings. The number of carbonyl (C=O) groups is 1. The van der Waals surface area contributed by atoms with Gasteiger partial charge in [-0.25, -0.2) is 4.79 Å². The van der Waals surface area contributed by atoms with Crippen LogP contribution in [0.2, 0.25) is 18.1 Å². The number of rotatable bonds is 17. The molecule has 0 aromatic heterocycles. The summed E-state index contributed by atoms with van der Waals surface area (Å²) in [7, 11) is -2.28. The van der Waals surface area contributed by atoms with Crippen LogP contribution in [0.25, 0.3) is 0 Å². The molecule has 8 nitrogen and oxygen atoms in total. The zero-order valence-corrected chi connectivity index (χ0v) is 27.4. The van der Waals surface area contributed by atoms with E-state index in [1.807, 2.05) is 31.2 Å². The van der Waals surface area contributed by atoms with E-state index in [1.165, 1.54) is 12.1 Å². The minimum Gasteiger partial charge on any atom is -0.543 e. The number of nitro groups is 1. The molecule has 2 aromatic rings. The molecule has 43 heavy (non-hydrogen) atoms. The molecule has 0 amide bonds. The molecule has 0 unspecified atom stereocenters. The molecule has 232 valence electrons. The molecule has 3 atom stereocenters. The number of ether oxygens (including phenoxy) is 2. The van der Waals surface area contributed by atoms with Crippen molar-refractivity contribution in [3.8, 4) is 11.8 Å². The quantitative estimate of drug-likeness (QED) is 0.0582. The van der Waals surface area contributed by atoms with Crippen molar-refractivity contribution in [1.29, 1.82) is 5.26 Å². The number of benzene rings is 2. The lowest BCUT2D eigenvalue weighted by Crippen LogP contribution is -2.44. The third-order valence-electron chi connectivity index (χ3n) is 7.98. The summed E-state index contributed by atoms with van der Waals surface area (Å²) in [6.07, 6.45) is 4.74. The second-order valence-corrected chi connectivity index (χ2v) is 17.1. The Morgan fingerprint density at radius 1 is 1.14 bits per heavy atom. The number of nitrogens with zero attached hydrogens (tertiary/aromatic N) is 2. The van der Waals surface area contributed by atoms with E-state index in [-0.39, 0.29) is 35.8 Å². The Balaban J connectivity index is 2.36. The minimum absolute atomic E-state index is 0.0115. The number of carbonyl (C=O) groups excluding carboxylic acids is 1. The summed E-state index contributed by atoms with van der Waals surface area (Å²) in [6.45, 7) is 20.7. The first-order chi connectivity index (χ1) is 20.2. The van der Waals surface area contributed by atoms with Gasteiger partial charge < -0.3 is 13.9 Å². The normalized spacial score (nSPS) is 13.7. The predicted octanol–water partition coefficient (Wildman–Crippen LogP) is 8.72. The summed E-state index contributed by atoms with van der Waals surface area (Å²) in [5.41, 5.74) is 1.95. The van der Waals surface area contributed by atoms with Gasteiger partial charge in [0.25, 0.3) is 14.0 Å². The molecule has 0 spiro atoms. The largest absolute Gasteiger partial charge is 0.543 e. The molecule has 9 heteroatoms. The van der Waals surface area contributed by atoms with E-state index in [0.29, 0.717) is 37.0 Å². The number of non-ortho nitro benzene ring substituents is 1. The van der Waals surface area contributed by atoms with Crippen LogP contribution in [-0.4, -0.2) is 31.4 Å². The van der Waals surface area contributed by atoms with Crippen LogP contribution in [0.15, 0.2) is 67.8 Å². The highest BCUT2D eigenvalue weighted by Gasteiger charge is 2.40. The molecule has 0 radical (unpaired) electrons. The van der Waals surface area contributed by atoms with Crippen molar-refractivity contribution < 1.29 is 23.6 Å². The van der Waals surface area contributed by atoms with E-state index in [9.17, 15) is 20.2 Å². The molecule has 0 heterocycles. The molecular formula is C34H46N2O6Si. The van der Waals surface area contributed by atoms with E-state index < -0.39 is 25.3 Å². The van der Waals surface area contributed by atoms with Crippen molar-refractivity contribution in [3.05, 3.63) is 94.6 Å². The minimum atomic E-state index is -2.28. The van der Waals surface area contributed by atoms with Gasteiger partial charge in [0, 0.05) is 25.0 Å². The van der Waals surface area contributed by atoms with Gasteiger partial charge in [0.05, 0.1) is 23.7 Å². The Bertz CT molecular complexity index is 1290. The Morgan fingerprint density at radius 3 is 2.37 bits per heavy atom. The fourth-order valence-electron chi connectivity index (χ4n) is 4.36. The highest BCUT2D eigenvalue weighted by Crippen LogP contribution is 2.39. The Kier molecular flexibility index (Phi) is 13.4. The lowest BCUT2D eigenvalue weighted by molar-refractivity contribution is -0.384. The molecule has 0 saturated heterocycles. The highest BCUT2D eigenvalue weighted by molar-refractivity contribution is 6.74. The molecule has 2 aromatic carbocycles. The van der Waals surface area contributed by atoms with Gasteiger partial charge in [-0.3, -0.25) is 10.1 Å². The first-order valence-corrected chi connectivity index (χ1v) is 17.6. The third-order valence-corrected chi connectivity index (χ3v) is 12.3. The van der Waals surface area contributed by atoms with Gasteiger partial charge in [-0.1, -0.05) is 52.0 Å². The predicted molar refractivity (Wildman–Crippen MR) is 172 cm³/mol. The lowest BCUT2D eigenvalue weighted by atomic mass is 9.94. The van der Waals surface area contributed by atoms with Gasteiger partial charge in [-0.15, -0.1) is 13.2 Å². The van der Waals surface area contributed by atoms with E-state index in [1.54, 1.807) is 18.2 Å². The SMILES string of the molecule is C=CCc1cccc(O[Si](C)(C)C(C)(C)C)c1C(=O)O[C@@H](CCC#N)C[C@@H](OCc1ccc([N+](=O)[O-])cc1)[C@@H](C)CC=C. The first-order valence-electron chi connectivity index (χ1n) is 14.7. The molecule has 2 rings (SSSR count). The fourth-order valence-corrected chi connectivity index (χ4v) is 5.39. The van der Waals surface area contributed by atoms with Crippen LogP contribution in [0.1, 0.15) is 74.9 Å². The molecule has 0 aliphatic rings. The van der Waals surface area contributed by atoms with Crippen molar-refractivity contribution in [2.45, 2.75) is 96.7 Å². The Hall–Kier alpha value is -3.74. The molecular weight excluding hydrogens is 560 g/mol. The van der Waals surface area contributed by atoms with Gasteiger partial charge in [0.1, 0.15) is 17.4 Å². The number of hydrogen-bond donors (Lipinski definition) is 0. The van der Waals surface area contributed by atoms with E-state index in [2.05, 4.69) is 53.1 Å². The smallest absolute Gasteiger partial charge is 0.342 e. The van der Waals surface area contributed by atoms with Crippen LogP contribution in [0.4, 0.5) is 5.69 Å². The summed E-state index contributed by atoms with van der Waals surface area (Å²) in [5.74, 6) is 0.0462. The second-order valence-electron chi connectivity index (χ2n) is 12.4. The number of esters is 1. The molecule has 0 aliphatic heterocycles. The van der Waals surface area contributed by atoms with Gasteiger partial charge in [0.15, 0.2) is 0 Å². The van der Waals surface area contributed by atoms with E-state index in [4.69, 9.17) is 13.9 Å². The van der Waals surface area contributed by atoms with Crippen molar-refractivity contribution >= 4 is 20.0 Å². The van der Waals surface area contributed by atoms with Crippen LogP contribution >= 0.6 is 0 Å². The molecule has 0 N–H and O–H groups in total. The first kappa shape index (κ1) is 35.5. The van der Waals surface area contributed by atoms with Crippen LogP contribution in [-0.2, 0) is 22.5 Å². The third kappa shape index (κ3) is 10.5. The maximum absolute atomic E-state index is 13.9. The summed E-state index contributed by atoms with van der Waals surface area (Å²) in [4.78, 5) is 24.5. The zero-order valence-electron chi connectivity index (χ0n) is 26.4. The van der Waals surface area contributed by atoms with Crippen molar-refractivity contribution in [2.75, 3.05) is 0 Å². The Morgan fingerprint density at radius 2 is 1.81 bits per heavy atom. The van der Waals surface area contributed by atoms with Crippen molar-refractivity contribution in [2.24, 2.45) is 5.92 Å². The summed E-state index contributed by atoms with van der Waals surface area (Å²) in [5, 5.41) is 20.3. The average molecular weight is 607 g/mol. The maximum Gasteiger partial charge on any atom is 0.342 e. The maximum atomic E-state index is 13.9. The standard InChI is InChI=1S/C34H46N2O6Si/c1-9-13-25(3)31(40-24-26-18-20-28(21-19-26)36(38)39)23-29(16-12-22-35)41-33(37)32-27(14-10-2)15-11-17-30(32)42-43(7,8)34(4,5)6/h9-11,15,17-21,25,29,31H,1-2,12-14,16,23-24H2,3-8H3/t25-,29-,31+/m0/s1.